The number of rotatable bonds is 5. The molecule has 1 saturated heterocycles. The molecule has 1 aliphatic heterocycles. The summed E-state index contributed by atoms with van der Waals surface area (Å²) >= 11 is 12.1. The summed E-state index contributed by atoms with van der Waals surface area (Å²) in [7, 11) is 0. The van der Waals surface area contributed by atoms with E-state index in [0.717, 1.165) is 28.3 Å². The lowest BCUT2D eigenvalue weighted by Gasteiger charge is -2.28. The summed E-state index contributed by atoms with van der Waals surface area (Å²) in [6.07, 6.45) is 1.74. The number of benzene rings is 2. The molecule has 0 amide bonds. The van der Waals surface area contributed by atoms with Crippen LogP contribution in [0.5, 0.6) is 5.75 Å². The van der Waals surface area contributed by atoms with Crippen molar-refractivity contribution in [3.05, 3.63) is 106 Å². The predicted molar refractivity (Wildman–Crippen MR) is 143 cm³/mol. The van der Waals surface area contributed by atoms with Gasteiger partial charge in [0.1, 0.15) is 5.75 Å². The van der Waals surface area contributed by atoms with Gasteiger partial charge < -0.3 is 25.0 Å². The third-order valence-electron chi connectivity index (χ3n) is 6.46. The summed E-state index contributed by atoms with van der Waals surface area (Å²) in [5.74, 6) is -0.905. The van der Waals surface area contributed by atoms with E-state index in [4.69, 9.17) is 23.8 Å². The number of aryl methyl sites for hydroxylation is 1. The van der Waals surface area contributed by atoms with Gasteiger partial charge in [-0.2, -0.15) is 0 Å². The predicted octanol–water partition coefficient (Wildman–Crippen LogP) is 5.72. The van der Waals surface area contributed by atoms with Crippen LogP contribution in [0, 0.1) is 13.8 Å². The van der Waals surface area contributed by atoms with Gasteiger partial charge >= 0.3 is 5.97 Å². The average molecular weight is 519 g/mol. The van der Waals surface area contributed by atoms with Gasteiger partial charge in [-0.3, -0.25) is 4.98 Å². The van der Waals surface area contributed by atoms with E-state index in [1.54, 1.807) is 48.7 Å². The van der Waals surface area contributed by atoms with Gasteiger partial charge in [0.2, 0.25) is 0 Å². The number of pyridine rings is 1. The Hall–Kier alpha value is -3.88. The summed E-state index contributed by atoms with van der Waals surface area (Å²) in [6, 6.07) is 18.8. The minimum atomic E-state index is -0.969. The summed E-state index contributed by atoms with van der Waals surface area (Å²) in [5.41, 5.74) is 5.30. The molecule has 4 aromatic rings. The largest absolute Gasteiger partial charge is 0.506 e. The number of halogens is 1. The Morgan fingerprint density at radius 3 is 2.50 bits per heavy atom. The summed E-state index contributed by atoms with van der Waals surface area (Å²) in [6.45, 7) is 4.01. The number of nitrogens with zero attached hydrogens (tertiary/aromatic N) is 3. The van der Waals surface area contributed by atoms with Crippen molar-refractivity contribution in [3.8, 4) is 11.4 Å². The third kappa shape index (κ3) is 4.08. The first kappa shape index (κ1) is 23.8. The van der Waals surface area contributed by atoms with Gasteiger partial charge in [0.25, 0.3) is 0 Å². The zero-order valence-electron chi connectivity index (χ0n) is 19.5. The molecule has 1 fully saturated rings. The van der Waals surface area contributed by atoms with Crippen LogP contribution in [-0.2, 0) is 0 Å². The second-order valence-electron chi connectivity index (χ2n) is 8.64. The third-order valence-corrected chi connectivity index (χ3v) is 7.01. The molecule has 7 nitrogen and oxygen atoms in total. The van der Waals surface area contributed by atoms with Crippen molar-refractivity contribution in [1.29, 1.82) is 0 Å². The Bertz CT molecular complexity index is 1470. The maximum absolute atomic E-state index is 11.3. The fraction of sp³-hybridized carbons (Fsp3) is 0.148. The molecule has 0 aliphatic carbocycles. The van der Waals surface area contributed by atoms with Crippen molar-refractivity contribution >= 4 is 40.6 Å². The molecule has 2 atom stereocenters. The molecule has 0 spiro atoms. The zero-order chi connectivity index (χ0) is 25.6. The van der Waals surface area contributed by atoms with E-state index in [1.807, 2.05) is 36.9 Å². The number of carboxylic acids is 1. The number of hydrogen-bond donors (Lipinski definition) is 3. The maximum atomic E-state index is 11.3. The Balaban J connectivity index is 1.68. The second-order valence-corrected chi connectivity index (χ2v) is 9.47. The number of nitrogens with one attached hydrogen (secondary N) is 1. The first-order valence-corrected chi connectivity index (χ1v) is 12.1. The van der Waals surface area contributed by atoms with Gasteiger partial charge in [0, 0.05) is 28.3 Å². The second kappa shape index (κ2) is 9.29. The monoisotopic (exact) mass is 518 g/mol. The van der Waals surface area contributed by atoms with E-state index < -0.39 is 5.97 Å². The van der Waals surface area contributed by atoms with Gasteiger partial charge in [-0.1, -0.05) is 17.7 Å². The molecular weight excluding hydrogens is 496 g/mol. The quantitative estimate of drug-likeness (QED) is 0.291. The van der Waals surface area contributed by atoms with Crippen LogP contribution in [0.3, 0.4) is 0 Å². The highest BCUT2D eigenvalue weighted by atomic mass is 35.5. The first-order chi connectivity index (χ1) is 17.3. The highest BCUT2D eigenvalue weighted by Crippen LogP contribution is 2.46. The van der Waals surface area contributed by atoms with E-state index in [1.165, 1.54) is 0 Å². The van der Waals surface area contributed by atoms with Crippen molar-refractivity contribution in [1.82, 2.24) is 14.9 Å². The standard InChI is InChI=1S/C27H23ClN4O3S/c1-15-13-20(16(2)31(15)19-9-6-17(7-10-19)26(34)35)25-24(21-5-3-4-12-29-21)30-27(36)32(25)22-14-18(28)8-11-23(22)33/h3-14,24-25,33H,1-2H3,(H,30,36)(H,34,35)/t24-,25-/m0/s1. The molecular formula is C27H23ClN4O3S. The molecule has 1 aliphatic rings. The Kier molecular flexibility index (Phi) is 6.15. The van der Waals surface area contributed by atoms with Crippen molar-refractivity contribution in [2.75, 3.05) is 4.90 Å². The number of carboxylic acid groups (broad SMARTS) is 1. The van der Waals surface area contributed by atoms with Gasteiger partial charge in [0.05, 0.1) is 29.0 Å². The molecule has 0 bridgehead atoms. The fourth-order valence-electron chi connectivity index (χ4n) is 4.86. The van der Waals surface area contributed by atoms with E-state index in [0.29, 0.717) is 15.8 Å². The number of anilines is 1. The van der Waals surface area contributed by atoms with Gasteiger partial charge in [0.15, 0.2) is 5.11 Å². The van der Waals surface area contributed by atoms with Crippen LogP contribution < -0.4 is 10.2 Å². The van der Waals surface area contributed by atoms with E-state index in [2.05, 4.69) is 20.9 Å². The molecule has 3 heterocycles. The van der Waals surface area contributed by atoms with E-state index in [-0.39, 0.29) is 23.4 Å². The SMILES string of the molecule is Cc1cc([C@H]2[C@H](c3ccccn3)NC(=S)N2c2cc(Cl)ccc2O)c(C)n1-c1ccc(C(=O)O)cc1. The average Bonchev–Trinajstić information content (AvgIpc) is 3.36. The number of aromatic nitrogens is 2. The summed E-state index contributed by atoms with van der Waals surface area (Å²) in [5, 5.41) is 24.4. The molecule has 5 rings (SSSR count). The highest BCUT2D eigenvalue weighted by Gasteiger charge is 2.43. The topological polar surface area (TPSA) is 90.6 Å². The minimum Gasteiger partial charge on any atom is -0.506 e. The number of phenols is 1. The van der Waals surface area contributed by atoms with E-state index >= 15 is 0 Å². The smallest absolute Gasteiger partial charge is 0.335 e. The molecule has 182 valence electrons. The van der Waals surface area contributed by atoms with Gasteiger partial charge in [-0.15, -0.1) is 0 Å². The van der Waals surface area contributed by atoms with Crippen LogP contribution in [0.25, 0.3) is 5.69 Å². The molecule has 2 aromatic carbocycles. The Morgan fingerprint density at radius 1 is 1.08 bits per heavy atom. The molecule has 0 unspecified atom stereocenters. The van der Waals surface area contributed by atoms with Crippen LogP contribution >= 0.6 is 23.8 Å². The van der Waals surface area contributed by atoms with Crippen LogP contribution in [0.4, 0.5) is 5.69 Å². The van der Waals surface area contributed by atoms with Gasteiger partial charge in [-0.05, 0) is 92.3 Å². The van der Waals surface area contributed by atoms with Crippen molar-refractivity contribution in [2.24, 2.45) is 0 Å². The Morgan fingerprint density at radius 2 is 1.83 bits per heavy atom. The summed E-state index contributed by atoms with van der Waals surface area (Å²) < 4.78 is 2.08. The highest BCUT2D eigenvalue weighted by molar-refractivity contribution is 7.80. The Labute approximate surface area is 218 Å². The number of thiocarbonyl (C=S) groups is 1. The summed E-state index contributed by atoms with van der Waals surface area (Å²) in [4.78, 5) is 17.8. The van der Waals surface area contributed by atoms with Crippen LogP contribution in [-0.4, -0.2) is 30.8 Å². The molecule has 2 aromatic heterocycles. The van der Waals surface area contributed by atoms with Crippen molar-refractivity contribution < 1.29 is 15.0 Å². The number of phenolic OH excluding ortho intramolecular Hbond substituents is 1. The zero-order valence-corrected chi connectivity index (χ0v) is 21.1. The normalized spacial score (nSPS) is 17.3. The lowest BCUT2D eigenvalue weighted by atomic mass is 9.96. The lowest BCUT2D eigenvalue weighted by Crippen LogP contribution is -2.29. The maximum Gasteiger partial charge on any atom is 0.335 e. The van der Waals surface area contributed by atoms with Crippen molar-refractivity contribution in [3.63, 3.8) is 0 Å². The number of carbonyl (C=O) groups is 1. The van der Waals surface area contributed by atoms with E-state index in [9.17, 15) is 15.0 Å². The number of aromatic hydroxyl groups is 1. The fourth-order valence-corrected chi connectivity index (χ4v) is 5.36. The van der Waals surface area contributed by atoms with Crippen molar-refractivity contribution in [2.45, 2.75) is 25.9 Å². The molecule has 3 N–H and O–H groups in total. The molecule has 0 saturated carbocycles. The minimum absolute atomic E-state index is 0.0632. The number of hydrogen-bond acceptors (Lipinski definition) is 4. The molecule has 9 heteroatoms. The van der Waals surface area contributed by atoms with Crippen LogP contribution in [0.2, 0.25) is 5.02 Å². The van der Waals surface area contributed by atoms with Crippen LogP contribution in [0.1, 0.15) is 45.1 Å². The molecule has 36 heavy (non-hydrogen) atoms. The van der Waals surface area contributed by atoms with Gasteiger partial charge in [-0.25, -0.2) is 4.79 Å². The first-order valence-electron chi connectivity index (χ1n) is 11.3. The number of aromatic carboxylic acids is 1. The molecule has 0 radical (unpaired) electrons. The van der Waals surface area contributed by atoms with Crippen LogP contribution in [0.15, 0.2) is 72.9 Å². The lowest BCUT2D eigenvalue weighted by molar-refractivity contribution is 0.0697.